The molecule has 0 saturated heterocycles. The summed E-state index contributed by atoms with van der Waals surface area (Å²) in [6.07, 6.45) is 0. The van der Waals surface area contributed by atoms with Gasteiger partial charge in [0.05, 0.1) is 45.0 Å². The van der Waals surface area contributed by atoms with Gasteiger partial charge in [-0.05, 0) is 115 Å². The molecule has 0 radical (unpaired) electrons. The molecule has 0 amide bonds. The standard InChI is InChI=1S/C63H38N4/c64-39-43-18-3-11-30-57(43)66(59-32-13-20-41-16-1-5-22-46(41)59)45-34-35-50-48-24-7-9-27-53(48)63(56(50)38-45)54-28-10-8-25-49(54)51-36-37-61(52-26-15-29-55(63)62(51)52)67(58-31-12-4-19-44(58)40-65)60-33-14-21-42-17-2-6-23-47(42)60/h1-38H. The van der Waals surface area contributed by atoms with Crippen molar-refractivity contribution < 1.29 is 0 Å². The van der Waals surface area contributed by atoms with E-state index in [9.17, 15) is 10.5 Å². The second kappa shape index (κ2) is 14.9. The molecule has 4 heteroatoms. The van der Waals surface area contributed by atoms with Gasteiger partial charge in [-0.3, -0.25) is 0 Å². The van der Waals surface area contributed by atoms with E-state index in [-0.39, 0.29) is 0 Å². The molecule has 2 aliphatic rings. The van der Waals surface area contributed by atoms with Gasteiger partial charge in [-0.25, -0.2) is 0 Å². The minimum atomic E-state index is -0.725. The van der Waals surface area contributed by atoms with Crippen LogP contribution < -0.4 is 9.80 Å². The van der Waals surface area contributed by atoms with Crippen LogP contribution in [0, 0.1) is 22.7 Å². The van der Waals surface area contributed by atoms with Crippen LogP contribution in [-0.4, -0.2) is 0 Å². The molecule has 310 valence electrons. The molecule has 1 unspecified atom stereocenters. The van der Waals surface area contributed by atoms with Gasteiger partial charge in [-0.1, -0.05) is 176 Å². The summed E-state index contributed by atoms with van der Waals surface area (Å²) in [5.41, 5.74) is 15.6. The van der Waals surface area contributed by atoms with Crippen LogP contribution in [-0.2, 0) is 5.41 Å². The Hall–Kier alpha value is -9.22. The maximum atomic E-state index is 10.6. The summed E-state index contributed by atoms with van der Waals surface area (Å²) in [4.78, 5) is 4.56. The highest BCUT2D eigenvalue weighted by molar-refractivity contribution is 6.14. The van der Waals surface area contributed by atoms with Crippen molar-refractivity contribution in [3.05, 3.63) is 264 Å². The lowest BCUT2D eigenvalue weighted by atomic mass is 9.61. The Balaban J connectivity index is 1.13. The highest BCUT2D eigenvalue weighted by Crippen LogP contribution is 2.63. The van der Waals surface area contributed by atoms with Crippen molar-refractivity contribution in [3.63, 3.8) is 0 Å². The highest BCUT2D eigenvalue weighted by atomic mass is 15.2. The molecule has 11 aromatic rings. The molecule has 1 spiro atoms. The minimum Gasteiger partial charge on any atom is -0.309 e. The Morgan fingerprint density at radius 1 is 0.313 bits per heavy atom. The van der Waals surface area contributed by atoms with E-state index in [1.54, 1.807) is 0 Å². The molecule has 0 N–H and O–H groups in total. The largest absolute Gasteiger partial charge is 0.309 e. The van der Waals surface area contributed by atoms with Crippen molar-refractivity contribution in [2.45, 2.75) is 5.41 Å². The maximum absolute atomic E-state index is 10.6. The molecule has 67 heavy (non-hydrogen) atoms. The predicted molar refractivity (Wildman–Crippen MR) is 274 cm³/mol. The van der Waals surface area contributed by atoms with Crippen LogP contribution in [0.1, 0.15) is 33.4 Å². The van der Waals surface area contributed by atoms with Crippen molar-refractivity contribution >= 4 is 66.4 Å². The number of fused-ring (bicyclic) bond motifs is 11. The number of hydrogen-bond acceptors (Lipinski definition) is 4. The second-order valence-corrected chi connectivity index (χ2v) is 17.4. The van der Waals surface area contributed by atoms with Crippen molar-refractivity contribution in [2.24, 2.45) is 0 Å². The molecule has 0 aliphatic heterocycles. The molecule has 0 saturated carbocycles. The number of nitrogens with zero attached hydrogens (tertiary/aromatic N) is 4. The fourth-order valence-electron chi connectivity index (χ4n) is 11.4. The number of rotatable bonds is 6. The minimum absolute atomic E-state index is 0.594. The van der Waals surface area contributed by atoms with E-state index < -0.39 is 5.41 Å². The molecule has 0 heterocycles. The lowest BCUT2D eigenvalue weighted by molar-refractivity contribution is 0.773. The Morgan fingerprint density at radius 3 is 1.40 bits per heavy atom. The van der Waals surface area contributed by atoms with E-state index in [1.165, 1.54) is 49.9 Å². The quantitative estimate of drug-likeness (QED) is 0.167. The van der Waals surface area contributed by atoms with E-state index in [4.69, 9.17) is 0 Å². The molecular formula is C63H38N4. The molecule has 11 aromatic carbocycles. The zero-order valence-electron chi connectivity index (χ0n) is 36.2. The molecule has 2 aliphatic carbocycles. The van der Waals surface area contributed by atoms with Crippen LogP contribution in [0.2, 0.25) is 0 Å². The van der Waals surface area contributed by atoms with Gasteiger partial charge < -0.3 is 9.80 Å². The van der Waals surface area contributed by atoms with Gasteiger partial charge >= 0.3 is 0 Å². The first-order valence-corrected chi connectivity index (χ1v) is 22.6. The SMILES string of the molecule is N#Cc1ccccc1N(c1ccc2c(c1)C1(c3ccccc3-2)c2ccccc2-c2ccc(N(c3ccccc3C#N)c3cccc4ccccc34)c3cccc1c23)c1cccc2ccccc12. The van der Waals surface area contributed by atoms with Gasteiger partial charge in [0.25, 0.3) is 0 Å². The summed E-state index contributed by atoms with van der Waals surface area (Å²) in [6, 6.07) is 86.8. The van der Waals surface area contributed by atoms with E-state index >= 15 is 0 Å². The summed E-state index contributed by atoms with van der Waals surface area (Å²) >= 11 is 0. The molecule has 13 rings (SSSR count). The van der Waals surface area contributed by atoms with Crippen molar-refractivity contribution in [1.82, 2.24) is 0 Å². The number of hydrogen-bond donors (Lipinski definition) is 0. The van der Waals surface area contributed by atoms with Crippen molar-refractivity contribution in [3.8, 4) is 34.4 Å². The van der Waals surface area contributed by atoms with Gasteiger partial charge in [-0.2, -0.15) is 10.5 Å². The van der Waals surface area contributed by atoms with Crippen LogP contribution in [0.25, 0.3) is 54.6 Å². The zero-order chi connectivity index (χ0) is 44.6. The average Bonchev–Trinajstić information content (AvgIpc) is 3.68. The van der Waals surface area contributed by atoms with Crippen LogP contribution in [0.15, 0.2) is 231 Å². The Labute approximate surface area is 388 Å². The van der Waals surface area contributed by atoms with Gasteiger partial charge in [0.15, 0.2) is 0 Å². The molecule has 4 nitrogen and oxygen atoms in total. The predicted octanol–water partition coefficient (Wildman–Crippen LogP) is 16.2. The molecule has 0 aromatic heterocycles. The lowest BCUT2D eigenvalue weighted by Crippen LogP contribution is -2.32. The Morgan fingerprint density at radius 2 is 0.746 bits per heavy atom. The third-order valence-electron chi connectivity index (χ3n) is 14.1. The first-order valence-electron chi connectivity index (χ1n) is 22.6. The lowest BCUT2D eigenvalue weighted by Gasteiger charge is -2.41. The van der Waals surface area contributed by atoms with Gasteiger partial charge in [0.2, 0.25) is 0 Å². The molecular weight excluding hydrogens is 813 g/mol. The Bertz CT molecular complexity index is 3930. The van der Waals surface area contributed by atoms with E-state index in [2.05, 4.69) is 216 Å². The van der Waals surface area contributed by atoms with Crippen LogP contribution >= 0.6 is 0 Å². The number of nitriles is 2. The summed E-state index contributed by atoms with van der Waals surface area (Å²) in [6.45, 7) is 0. The fourth-order valence-corrected chi connectivity index (χ4v) is 11.4. The van der Waals surface area contributed by atoms with E-state index in [1.807, 2.05) is 36.4 Å². The van der Waals surface area contributed by atoms with Gasteiger partial charge in [0, 0.05) is 21.8 Å². The number of benzene rings is 11. The average molecular weight is 851 g/mol. The molecule has 1 atom stereocenters. The first-order chi connectivity index (χ1) is 33.2. The topological polar surface area (TPSA) is 54.1 Å². The second-order valence-electron chi connectivity index (χ2n) is 17.4. The summed E-state index contributed by atoms with van der Waals surface area (Å²) in [5, 5.41) is 28.0. The van der Waals surface area contributed by atoms with Crippen LogP contribution in [0.4, 0.5) is 34.1 Å². The molecule has 0 bridgehead atoms. The van der Waals surface area contributed by atoms with E-state index in [0.29, 0.717) is 11.1 Å². The normalized spacial score (nSPS) is 14.0. The molecule has 0 fully saturated rings. The van der Waals surface area contributed by atoms with Crippen molar-refractivity contribution in [1.29, 1.82) is 10.5 Å². The fraction of sp³-hybridized carbons (Fsp3) is 0.0159. The zero-order valence-corrected chi connectivity index (χ0v) is 36.2. The third-order valence-corrected chi connectivity index (χ3v) is 14.1. The summed E-state index contributed by atoms with van der Waals surface area (Å²) < 4.78 is 0. The van der Waals surface area contributed by atoms with Gasteiger partial charge in [-0.15, -0.1) is 0 Å². The maximum Gasteiger partial charge on any atom is 0.101 e. The number of para-hydroxylation sites is 2. The van der Waals surface area contributed by atoms with Gasteiger partial charge in [0.1, 0.15) is 12.1 Å². The Kier molecular flexibility index (Phi) is 8.52. The summed E-state index contributed by atoms with van der Waals surface area (Å²) in [5.74, 6) is 0. The number of anilines is 6. The smallest absolute Gasteiger partial charge is 0.101 e. The van der Waals surface area contributed by atoms with Crippen LogP contribution in [0.3, 0.4) is 0 Å². The van der Waals surface area contributed by atoms with Crippen LogP contribution in [0.5, 0.6) is 0 Å². The third kappa shape index (κ3) is 5.45. The first kappa shape index (κ1) is 38.3. The monoisotopic (exact) mass is 850 g/mol. The van der Waals surface area contributed by atoms with E-state index in [0.717, 1.165) is 61.1 Å². The highest BCUT2D eigenvalue weighted by Gasteiger charge is 2.50. The van der Waals surface area contributed by atoms with Crippen molar-refractivity contribution in [2.75, 3.05) is 9.80 Å². The summed E-state index contributed by atoms with van der Waals surface area (Å²) in [7, 11) is 0.